The maximum atomic E-state index is 13.2. The highest BCUT2D eigenvalue weighted by atomic mass is 32.2. The summed E-state index contributed by atoms with van der Waals surface area (Å²) in [5.74, 6) is 0. The fourth-order valence-corrected chi connectivity index (χ4v) is 5.02. The lowest BCUT2D eigenvalue weighted by atomic mass is 9.93. The summed E-state index contributed by atoms with van der Waals surface area (Å²) in [5.41, 5.74) is 0.886. The van der Waals surface area contributed by atoms with Crippen LogP contribution in [0.5, 0.6) is 0 Å². The van der Waals surface area contributed by atoms with Gasteiger partial charge >= 0.3 is 0 Å². The van der Waals surface area contributed by atoms with Crippen LogP contribution in [0.3, 0.4) is 0 Å². The van der Waals surface area contributed by atoms with Crippen LogP contribution in [0, 0.1) is 0 Å². The Hall–Kier alpha value is -1.44. The largest absolute Gasteiger partial charge is 0.315 e. The molecule has 1 N–H and O–H groups in total. The number of rotatable bonds is 2. The molecule has 5 nitrogen and oxygen atoms in total. The van der Waals surface area contributed by atoms with Gasteiger partial charge in [-0.1, -0.05) is 17.6 Å². The summed E-state index contributed by atoms with van der Waals surface area (Å²) in [6.07, 6.45) is 4.26. The minimum Gasteiger partial charge on any atom is -0.315 e. The predicted octanol–water partition coefficient (Wildman–Crippen LogP) is -0.134. The highest BCUT2D eigenvalue weighted by Crippen LogP contribution is 2.25. The fourth-order valence-electron chi connectivity index (χ4n) is 3.06. The van der Waals surface area contributed by atoms with Gasteiger partial charge in [-0.25, -0.2) is 8.42 Å². The van der Waals surface area contributed by atoms with E-state index in [1.54, 1.807) is 28.8 Å². The van der Waals surface area contributed by atoms with E-state index in [9.17, 15) is 8.42 Å². The predicted molar refractivity (Wildman–Crippen MR) is 90.8 cm³/mol. The van der Waals surface area contributed by atoms with Gasteiger partial charge in [0.2, 0.25) is 10.0 Å². The molecule has 0 saturated carbocycles. The molecule has 1 aliphatic rings. The Kier molecular flexibility index (Phi) is 4.21. The lowest BCUT2D eigenvalue weighted by Crippen LogP contribution is -2.41. The van der Waals surface area contributed by atoms with Crippen LogP contribution < -0.4 is 10.8 Å². The van der Waals surface area contributed by atoms with Crippen molar-refractivity contribution in [3.63, 3.8) is 0 Å². The van der Waals surface area contributed by atoms with E-state index in [-0.39, 0.29) is 6.04 Å². The van der Waals surface area contributed by atoms with Crippen LogP contribution in [0.1, 0.15) is 13.3 Å². The molecule has 0 bridgehead atoms. The van der Waals surface area contributed by atoms with Crippen molar-refractivity contribution in [2.45, 2.75) is 24.3 Å². The van der Waals surface area contributed by atoms with Crippen LogP contribution >= 0.6 is 0 Å². The number of aromatic nitrogens is 1. The molecule has 116 valence electrons. The maximum absolute atomic E-state index is 13.2. The van der Waals surface area contributed by atoms with E-state index in [0.29, 0.717) is 18.0 Å². The summed E-state index contributed by atoms with van der Waals surface area (Å²) >= 11 is 0. The van der Waals surface area contributed by atoms with Crippen molar-refractivity contribution < 1.29 is 8.42 Å². The summed E-state index contributed by atoms with van der Waals surface area (Å²) in [5, 5.41) is 4.93. The van der Waals surface area contributed by atoms with Crippen LogP contribution in [0.15, 0.2) is 35.5 Å². The zero-order valence-electron chi connectivity index (χ0n) is 12.9. The second kappa shape index (κ2) is 5.99. The van der Waals surface area contributed by atoms with Crippen LogP contribution in [-0.4, -0.2) is 51.2 Å². The average molecular weight is 317 g/mol. The van der Waals surface area contributed by atoms with Gasteiger partial charge in [0.05, 0.1) is 4.90 Å². The smallest absolute Gasteiger partial charge is 0.243 e. The van der Waals surface area contributed by atoms with Gasteiger partial charge < -0.3 is 5.32 Å². The molecule has 2 heterocycles. The van der Waals surface area contributed by atoms with Gasteiger partial charge in [-0.2, -0.15) is 4.31 Å². The number of sulfonamides is 1. The monoisotopic (exact) mass is 317 g/mol. The van der Waals surface area contributed by atoms with E-state index >= 15 is 0 Å². The van der Waals surface area contributed by atoms with E-state index in [1.807, 2.05) is 20.8 Å². The summed E-state index contributed by atoms with van der Waals surface area (Å²) in [7, 11) is -1.61. The summed E-state index contributed by atoms with van der Waals surface area (Å²) in [6, 6.07) is 5.35. The van der Waals surface area contributed by atoms with Crippen LogP contribution in [-0.2, 0) is 10.0 Å². The van der Waals surface area contributed by atoms with Crippen LogP contribution in [0.2, 0.25) is 0 Å². The quantitative estimate of drug-likeness (QED) is 0.784. The lowest BCUT2D eigenvalue weighted by Gasteiger charge is -2.26. The molecular weight excluding hydrogens is 297 g/mol. The molecule has 0 aliphatic carbocycles. The molecular formula is C15H20BN3O2S. The normalized spacial score (nSPS) is 20.9. The zero-order chi connectivity index (χ0) is 15.7. The first-order valence-corrected chi connectivity index (χ1v) is 9.01. The molecule has 1 fully saturated rings. The van der Waals surface area contributed by atoms with E-state index in [4.69, 9.17) is 0 Å². The van der Waals surface area contributed by atoms with Gasteiger partial charge in [0, 0.05) is 36.9 Å². The van der Waals surface area contributed by atoms with Crippen molar-refractivity contribution in [1.29, 1.82) is 0 Å². The first kappa shape index (κ1) is 15.5. The molecule has 1 aliphatic heterocycles. The minimum atomic E-state index is -3.52. The van der Waals surface area contributed by atoms with E-state index in [2.05, 4.69) is 10.3 Å². The second-order valence-electron chi connectivity index (χ2n) is 5.83. The standard InChI is InChI=1S/C15H20BN3O2S/c1-11-8-17-6-3-7-19(11)22(20,21)14-5-2-4-12-9-18-10-13(16)15(12)14/h2,4-5,9-11,17H,3,6-8,16H2,1H3/t11-/m0/s1. The highest BCUT2D eigenvalue weighted by molar-refractivity contribution is 7.89. The first-order chi connectivity index (χ1) is 10.5. The minimum absolute atomic E-state index is 0.0510. The molecule has 1 atom stereocenters. The molecule has 22 heavy (non-hydrogen) atoms. The van der Waals surface area contributed by atoms with Crippen molar-refractivity contribution in [2.75, 3.05) is 19.6 Å². The maximum Gasteiger partial charge on any atom is 0.243 e. The fraction of sp³-hybridized carbons (Fsp3) is 0.400. The van der Waals surface area contributed by atoms with Crippen molar-refractivity contribution >= 4 is 34.1 Å². The molecule has 7 heteroatoms. The molecule has 1 aromatic heterocycles. The number of pyridine rings is 1. The molecule has 0 amide bonds. The third-order valence-corrected chi connectivity index (χ3v) is 6.24. The molecule has 1 aromatic carbocycles. The Morgan fingerprint density at radius 3 is 3.00 bits per heavy atom. The summed E-state index contributed by atoms with van der Waals surface area (Å²) < 4.78 is 28.0. The van der Waals surface area contributed by atoms with Gasteiger partial charge in [0.1, 0.15) is 7.85 Å². The van der Waals surface area contributed by atoms with Gasteiger partial charge in [0.25, 0.3) is 0 Å². The number of hydrogen-bond acceptors (Lipinski definition) is 4. The van der Waals surface area contributed by atoms with Gasteiger partial charge in [-0.3, -0.25) is 4.98 Å². The average Bonchev–Trinajstić information content (AvgIpc) is 2.72. The Bertz CT molecular complexity index is 789. The summed E-state index contributed by atoms with van der Waals surface area (Å²) in [6.45, 7) is 4.05. The molecule has 0 radical (unpaired) electrons. The molecule has 2 aromatic rings. The third-order valence-electron chi connectivity index (χ3n) is 4.18. The van der Waals surface area contributed by atoms with Gasteiger partial charge in [-0.15, -0.1) is 0 Å². The lowest BCUT2D eigenvalue weighted by molar-refractivity contribution is 0.354. The van der Waals surface area contributed by atoms with E-state index in [0.717, 1.165) is 29.2 Å². The highest BCUT2D eigenvalue weighted by Gasteiger charge is 2.31. The number of benzene rings is 1. The SMILES string of the molecule is Bc1cncc2cccc(S(=O)(=O)N3CCCNC[C@@H]3C)c12. The molecule has 0 spiro atoms. The second-order valence-corrected chi connectivity index (χ2v) is 7.69. The Labute approximate surface area is 132 Å². The van der Waals surface area contributed by atoms with Crippen molar-refractivity contribution in [3.05, 3.63) is 30.6 Å². The molecule has 0 unspecified atom stereocenters. The van der Waals surface area contributed by atoms with Crippen LogP contribution in [0.4, 0.5) is 0 Å². The Balaban J connectivity index is 2.17. The number of nitrogens with zero attached hydrogens (tertiary/aromatic N) is 2. The Morgan fingerprint density at radius 2 is 2.18 bits per heavy atom. The third kappa shape index (κ3) is 2.64. The van der Waals surface area contributed by atoms with E-state index < -0.39 is 10.0 Å². The van der Waals surface area contributed by atoms with Gasteiger partial charge in [0.15, 0.2) is 0 Å². The van der Waals surface area contributed by atoms with Crippen molar-refractivity contribution in [2.24, 2.45) is 0 Å². The van der Waals surface area contributed by atoms with Crippen LogP contribution in [0.25, 0.3) is 10.8 Å². The molecule has 1 saturated heterocycles. The zero-order valence-corrected chi connectivity index (χ0v) is 13.7. The first-order valence-electron chi connectivity index (χ1n) is 7.57. The van der Waals surface area contributed by atoms with E-state index in [1.165, 1.54) is 0 Å². The Morgan fingerprint density at radius 1 is 1.36 bits per heavy atom. The summed E-state index contributed by atoms with van der Waals surface area (Å²) in [4.78, 5) is 4.55. The molecule has 3 rings (SSSR count). The number of fused-ring (bicyclic) bond motifs is 1. The number of nitrogens with one attached hydrogen (secondary N) is 1. The topological polar surface area (TPSA) is 62.3 Å². The van der Waals surface area contributed by atoms with Crippen molar-refractivity contribution in [3.8, 4) is 0 Å². The van der Waals surface area contributed by atoms with Crippen molar-refractivity contribution in [1.82, 2.24) is 14.6 Å². The number of hydrogen-bond donors (Lipinski definition) is 1. The van der Waals surface area contributed by atoms with Gasteiger partial charge in [-0.05, 0) is 31.3 Å².